The molecule has 0 aromatic heterocycles. The zero-order valence-corrected chi connectivity index (χ0v) is 16.7. The Kier molecular flexibility index (Phi) is 6.44. The van der Waals surface area contributed by atoms with Crippen LogP contribution in [0.5, 0.6) is 11.5 Å². The van der Waals surface area contributed by atoms with Gasteiger partial charge in [-0.1, -0.05) is 13.0 Å². The van der Waals surface area contributed by atoms with E-state index >= 15 is 0 Å². The number of rotatable bonds is 7. The molecule has 1 unspecified atom stereocenters. The highest BCUT2D eigenvalue weighted by Crippen LogP contribution is 2.35. The first-order valence-electron chi connectivity index (χ1n) is 9.83. The quantitative estimate of drug-likeness (QED) is 0.697. The minimum absolute atomic E-state index is 0.0505. The summed E-state index contributed by atoms with van der Waals surface area (Å²) in [5.41, 5.74) is 1.64. The van der Waals surface area contributed by atoms with Gasteiger partial charge in [-0.15, -0.1) is 0 Å². The summed E-state index contributed by atoms with van der Waals surface area (Å²) in [5.74, 6) is 0.788. The molecule has 1 atom stereocenters. The maximum atomic E-state index is 12.9. The molecule has 7 heteroatoms. The lowest BCUT2D eigenvalue weighted by atomic mass is 9.95. The third-order valence-electron chi connectivity index (χ3n) is 5.05. The molecule has 1 aromatic rings. The molecule has 1 fully saturated rings. The fraction of sp³-hybridized carbons (Fsp3) is 0.524. The minimum Gasteiger partial charge on any atom is -0.493 e. The number of methoxy groups -OCH3 is 1. The van der Waals surface area contributed by atoms with Crippen LogP contribution in [0.4, 0.5) is 4.79 Å². The molecule has 1 aromatic carbocycles. The van der Waals surface area contributed by atoms with Crippen molar-refractivity contribution in [3.05, 3.63) is 35.0 Å². The van der Waals surface area contributed by atoms with Crippen LogP contribution in [0.1, 0.15) is 57.6 Å². The molecule has 2 N–H and O–H groups in total. The second kappa shape index (κ2) is 8.99. The first-order chi connectivity index (χ1) is 13.5. The van der Waals surface area contributed by atoms with E-state index in [1.54, 1.807) is 26.2 Å². The van der Waals surface area contributed by atoms with Crippen molar-refractivity contribution in [1.29, 1.82) is 0 Å². The highest BCUT2D eigenvalue weighted by molar-refractivity contribution is 5.95. The van der Waals surface area contributed by atoms with Crippen LogP contribution in [-0.4, -0.2) is 31.8 Å². The number of urea groups is 1. The van der Waals surface area contributed by atoms with Crippen LogP contribution >= 0.6 is 0 Å². The third kappa shape index (κ3) is 4.40. The highest BCUT2D eigenvalue weighted by atomic mass is 16.5. The number of carbonyl (C=O) groups is 2. The lowest BCUT2D eigenvalue weighted by Crippen LogP contribution is -2.45. The summed E-state index contributed by atoms with van der Waals surface area (Å²) in [6.07, 6.45) is 4.76. The maximum absolute atomic E-state index is 12.9. The smallest absolute Gasteiger partial charge is 0.338 e. The normalized spacial score (nSPS) is 19.8. The topological polar surface area (TPSA) is 85.9 Å². The van der Waals surface area contributed by atoms with Gasteiger partial charge in [0.05, 0.1) is 25.3 Å². The standard InChI is InChI=1S/C21H28N2O5/c1-4-11-27-16-10-9-14(12-17(16)26-3)19-18(13(2)22-21(25)23-19)20(24)28-15-7-5-6-8-15/h9-10,12,15,19H,4-8,11H2,1-3H3,(H2,22,23,25). The highest BCUT2D eigenvalue weighted by Gasteiger charge is 2.34. The van der Waals surface area contributed by atoms with E-state index in [1.165, 1.54) is 0 Å². The Morgan fingerprint density at radius 1 is 1.21 bits per heavy atom. The molecule has 3 rings (SSSR count). The summed E-state index contributed by atoms with van der Waals surface area (Å²) in [6, 6.07) is 4.45. The second-order valence-electron chi connectivity index (χ2n) is 7.14. The Bertz CT molecular complexity index is 768. The first kappa shape index (κ1) is 20.0. The van der Waals surface area contributed by atoms with Gasteiger partial charge in [0.1, 0.15) is 6.10 Å². The van der Waals surface area contributed by atoms with Crippen LogP contribution in [0.25, 0.3) is 0 Å². The van der Waals surface area contributed by atoms with E-state index in [2.05, 4.69) is 10.6 Å². The molecule has 1 aliphatic carbocycles. The number of nitrogens with one attached hydrogen (secondary N) is 2. The van der Waals surface area contributed by atoms with Crippen molar-refractivity contribution in [3.63, 3.8) is 0 Å². The van der Waals surface area contributed by atoms with Crippen LogP contribution in [-0.2, 0) is 9.53 Å². The van der Waals surface area contributed by atoms with Crippen molar-refractivity contribution in [1.82, 2.24) is 10.6 Å². The van der Waals surface area contributed by atoms with E-state index in [0.717, 1.165) is 37.7 Å². The minimum atomic E-state index is -0.614. The Labute approximate surface area is 165 Å². The fourth-order valence-corrected chi connectivity index (χ4v) is 3.63. The van der Waals surface area contributed by atoms with Crippen LogP contribution in [0.15, 0.2) is 29.5 Å². The molecule has 152 valence electrons. The van der Waals surface area contributed by atoms with E-state index in [0.29, 0.717) is 29.4 Å². The molecular formula is C21H28N2O5. The molecule has 7 nitrogen and oxygen atoms in total. The Morgan fingerprint density at radius 2 is 1.96 bits per heavy atom. The number of benzene rings is 1. The first-order valence-corrected chi connectivity index (χ1v) is 9.83. The predicted octanol–water partition coefficient (Wildman–Crippen LogP) is 3.60. The van der Waals surface area contributed by atoms with Crippen LogP contribution in [0, 0.1) is 0 Å². The van der Waals surface area contributed by atoms with Crippen molar-refractivity contribution < 1.29 is 23.8 Å². The van der Waals surface area contributed by atoms with Gasteiger partial charge in [0.2, 0.25) is 0 Å². The number of esters is 1. The molecule has 0 bridgehead atoms. The molecule has 2 aliphatic rings. The van der Waals surface area contributed by atoms with E-state index in [9.17, 15) is 9.59 Å². The Balaban J connectivity index is 1.89. The number of ether oxygens (including phenoxy) is 3. The van der Waals surface area contributed by atoms with Gasteiger partial charge in [0, 0.05) is 5.70 Å². The van der Waals surface area contributed by atoms with Gasteiger partial charge in [-0.3, -0.25) is 0 Å². The van der Waals surface area contributed by atoms with Gasteiger partial charge >= 0.3 is 12.0 Å². The Hall–Kier alpha value is -2.70. The average Bonchev–Trinajstić information content (AvgIpc) is 3.18. The average molecular weight is 388 g/mol. The monoisotopic (exact) mass is 388 g/mol. The van der Waals surface area contributed by atoms with Crippen molar-refractivity contribution in [2.75, 3.05) is 13.7 Å². The number of hydrogen-bond donors (Lipinski definition) is 2. The van der Waals surface area contributed by atoms with E-state index < -0.39 is 12.0 Å². The second-order valence-corrected chi connectivity index (χ2v) is 7.14. The molecule has 0 radical (unpaired) electrons. The van der Waals surface area contributed by atoms with E-state index in [1.807, 2.05) is 13.0 Å². The lowest BCUT2D eigenvalue weighted by Gasteiger charge is -2.29. The molecule has 0 saturated heterocycles. The van der Waals surface area contributed by atoms with Crippen molar-refractivity contribution in [2.45, 2.75) is 58.1 Å². The number of amides is 2. The van der Waals surface area contributed by atoms with Gasteiger partial charge in [0.15, 0.2) is 11.5 Å². The van der Waals surface area contributed by atoms with Crippen LogP contribution < -0.4 is 20.1 Å². The van der Waals surface area contributed by atoms with Gasteiger partial charge in [-0.05, 0) is 56.7 Å². The maximum Gasteiger partial charge on any atom is 0.338 e. The van der Waals surface area contributed by atoms with E-state index in [-0.39, 0.29) is 12.1 Å². The number of allylic oxidation sites excluding steroid dienone is 1. The summed E-state index contributed by atoms with van der Waals surface area (Å²) in [7, 11) is 1.56. The summed E-state index contributed by atoms with van der Waals surface area (Å²) in [6.45, 7) is 4.33. The fourth-order valence-electron chi connectivity index (χ4n) is 3.63. The summed E-state index contributed by atoms with van der Waals surface area (Å²) < 4.78 is 16.8. The predicted molar refractivity (Wildman–Crippen MR) is 104 cm³/mol. The summed E-state index contributed by atoms with van der Waals surface area (Å²) in [5, 5.41) is 5.50. The molecule has 28 heavy (non-hydrogen) atoms. The van der Waals surface area contributed by atoms with Gasteiger partial charge in [0.25, 0.3) is 0 Å². The van der Waals surface area contributed by atoms with Gasteiger partial charge < -0.3 is 24.8 Å². The molecule has 2 amide bonds. The molecule has 1 saturated carbocycles. The summed E-state index contributed by atoms with van der Waals surface area (Å²) in [4.78, 5) is 25.0. The lowest BCUT2D eigenvalue weighted by molar-refractivity contribution is -0.144. The number of carbonyl (C=O) groups excluding carboxylic acids is 2. The number of hydrogen-bond acceptors (Lipinski definition) is 5. The van der Waals surface area contributed by atoms with Crippen LogP contribution in [0.3, 0.4) is 0 Å². The Morgan fingerprint density at radius 3 is 2.64 bits per heavy atom. The van der Waals surface area contributed by atoms with E-state index in [4.69, 9.17) is 14.2 Å². The third-order valence-corrected chi connectivity index (χ3v) is 5.05. The zero-order chi connectivity index (χ0) is 20.1. The molecule has 1 heterocycles. The molecule has 0 spiro atoms. The van der Waals surface area contributed by atoms with Gasteiger partial charge in [-0.25, -0.2) is 9.59 Å². The summed E-state index contributed by atoms with van der Waals surface area (Å²) >= 11 is 0. The van der Waals surface area contributed by atoms with Crippen LogP contribution in [0.2, 0.25) is 0 Å². The van der Waals surface area contributed by atoms with Crippen molar-refractivity contribution in [3.8, 4) is 11.5 Å². The molecule has 1 aliphatic heterocycles. The zero-order valence-electron chi connectivity index (χ0n) is 16.7. The molecular weight excluding hydrogens is 360 g/mol. The van der Waals surface area contributed by atoms with Crippen molar-refractivity contribution >= 4 is 12.0 Å². The van der Waals surface area contributed by atoms with Crippen molar-refractivity contribution in [2.24, 2.45) is 0 Å². The van der Waals surface area contributed by atoms with Gasteiger partial charge in [-0.2, -0.15) is 0 Å². The SMILES string of the molecule is CCCOc1ccc(C2NC(=O)NC(C)=C2C(=O)OC2CCCC2)cc1OC. The largest absolute Gasteiger partial charge is 0.493 e.